The normalized spacial score (nSPS) is 14.0. The van der Waals surface area contributed by atoms with E-state index in [1.54, 1.807) is 5.32 Å². The van der Waals surface area contributed by atoms with E-state index in [0.717, 1.165) is 22.3 Å². The smallest absolute Gasteiger partial charge is 0.408 e. The molecular formula is C25H25F3N2O5. The number of halogens is 3. The lowest BCUT2D eigenvalue weighted by Crippen LogP contribution is -2.46. The van der Waals surface area contributed by atoms with E-state index >= 15 is 0 Å². The van der Waals surface area contributed by atoms with E-state index in [1.165, 1.54) is 13.0 Å². The van der Waals surface area contributed by atoms with Crippen molar-refractivity contribution in [1.29, 1.82) is 0 Å². The summed E-state index contributed by atoms with van der Waals surface area (Å²) in [5.74, 6) is -2.53. The van der Waals surface area contributed by atoms with Crippen molar-refractivity contribution in [2.45, 2.75) is 37.9 Å². The van der Waals surface area contributed by atoms with Crippen molar-refractivity contribution in [2.24, 2.45) is 0 Å². The molecule has 186 valence electrons. The summed E-state index contributed by atoms with van der Waals surface area (Å²) in [5.41, 5.74) is 4.21. The van der Waals surface area contributed by atoms with Crippen LogP contribution >= 0.6 is 0 Å². The average molecular weight is 490 g/mol. The van der Waals surface area contributed by atoms with Crippen LogP contribution in [0.2, 0.25) is 0 Å². The number of benzene rings is 2. The predicted molar refractivity (Wildman–Crippen MR) is 122 cm³/mol. The van der Waals surface area contributed by atoms with Gasteiger partial charge in [0.25, 0.3) is 0 Å². The van der Waals surface area contributed by atoms with Crippen molar-refractivity contribution < 1.29 is 37.4 Å². The Morgan fingerprint density at radius 3 is 2.17 bits per heavy atom. The monoisotopic (exact) mass is 490 g/mol. The van der Waals surface area contributed by atoms with Crippen LogP contribution in [0.25, 0.3) is 11.1 Å². The van der Waals surface area contributed by atoms with Crippen molar-refractivity contribution in [2.75, 3.05) is 13.2 Å². The molecule has 0 spiro atoms. The summed E-state index contributed by atoms with van der Waals surface area (Å²) < 4.78 is 44.5. The minimum atomic E-state index is -4.79. The van der Waals surface area contributed by atoms with Gasteiger partial charge in [0.2, 0.25) is 5.91 Å². The second-order valence-corrected chi connectivity index (χ2v) is 8.09. The van der Waals surface area contributed by atoms with Crippen LogP contribution in [0.4, 0.5) is 18.0 Å². The maximum Gasteiger partial charge on any atom is 0.408 e. The number of carbonyl (C=O) groups is 3. The first-order valence-electron chi connectivity index (χ1n) is 10.9. The highest BCUT2D eigenvalue weighted by Crippen LogP contribution is 2.44. The molecule has 10 heteroatoms. The molecule has 0 bridgehead atoms. The number of rotatable bonds is 9. The number of alkyl carbamates (subject to hydrolysis) is 1. The fraction of sp³-hybridized carbons (Fsp3) is 0.320. The van der Waals surface area contributed by atoms with Gasteiger partial charge in [0, 0.05) is 24.5 Å². The van der Waals surface area contributed by atoms with Gasteiger partial charge in [-0.15, -0.1) is 0 Å². The van der Waals surface area contributed by atoms with Gasteiger partial charge in [-0.1, -0.05) is 54.6 Å². The molecule has 2 aromatic rings. The Hall–Kier alpha value is -3.82. The molecule has 0 saturated carbocycles. The summed E-state index contributed by atoms with van der Waals surface area (Å²) in [6.45, 7) is 1.25. The molecule has 3 N–H and O–H groups in total. The van der Waals surface area contributed by atoms with Gasteiger partial charge in [-0.25, -0.2) is 4.79 Å². The van der Waals surface area contributed by atoms with Gasteiger partial charge < -0.3 is 20.5 Å². The molecule has 0 fully saturated rings. The van der Waals surface area contributed by atoms with Gasteiger partial charge in [0.1, 0.15) is 12.6 Å². The Kier molecular flexibility index (Phi) is 8.16. The van der Waals surface area contributed by atoms with Gasteiger partial charge in [0.05, 0.1) is 0 Å². The highest BCUT2D eigenvalue weighted by atomic mass is 19.4. The fourth-order valence-electron chi connectivity index (χ4n) is 3.89. The zero-order valence-corrected chi connectivity index (χ0v) is 18.9. The molecule has 2 aromatic carbocycles. The largest absolute Gasteiger partial charge is 0.481 e. The lowest BCUT2D eigenvalue weighted by Gasteiger charge is -2.21. The Morgan fingerprint density at radius 1 is 1.06 bits per heavy atom. The van der Waals surface area contributed by atoms with Crippen molar-refractivity contribution in [3.8, 4) is 11.1 Å². The molecule has 2 amide bonds. The van der Waals surface area contributed by atoms with E-state index in [-0.39, 0.29) is 24.6 Å². The molecule has 35 heavy (non-hydrogen) atoms. The number of fused-ring (bicyclic) bond motifs is 3. The highest BCUT2D eigenvalue weighted by Gasteiger charge is 2.40. The first-order chi connectivity index (χ1) is 16.6. The number of carbonyl (C=O) groups excluding carboxylic acids is 2. The molecule has 1 aliphatic carbocycles. The zero-order valence-electron chi connectivity index (χ0n) is 18.9. The Morgan fingerprint density at radius 2 is 1.63 bits per heavy atom. The fourth-order valence-corrected chi connectivity index (χ4v) is 3.89. The van der Waals surface area contributed by atoms with E-state index in [4.69, 9.17) is 9.84 Å². The Labute approximate surface area is 200 Å². The molecule has 0 heterocycles. The minimum absolute atomic E-state index is 0.0616. The van der Waals surface area contributed by atoms with Gasteiger partial charge in [0.15, 0.2) is 0 Å². The third-order valence-electron chi connectivity index (χ3n) is 5.70. The quantitative estimate of drug-likeness (QED) is 0.453. The number of ether oxygens (including phenoxy) is 1. The lowest BCUT2D eigenvalue weighted by molar-refractivity contribution is -0.163. The van der Waals surface area contributed by atoms with Crippen LogP contribution in [0.1, 0.15) is 36.8 Å². The summed E-state index contributed by atoms with van der Waals surface area (Å²) in [7, 11) is 0. The molecular weight excluding hydrogens is 465 g/mol. The molecule has 0 saturated heterocycles. The lowest BCUT2D eigenvalue weighted by atomic mass is 9.98. The summed E-state index contributed by atoms with van der Waals surface area (Å²) in [4.78, 5) is 34.8. The van der Waals surface area contributed by atoms with Crippen LogP contribution in [0.3, 0.4) is 0 Å². The van der Waals surface area contributed by atoms with E-state index in [1.807, 2.05) is 48.5 Å². The number of carboxylic acids is 1. The van der Waals surface area contributed by atoms with Gasteiger partial charge in [-0.2, -0.15) is 13.2 Å². The standard InChI is InChI=1S/C25H25F3N2O5/c1-15(23(33)30-21(25(26,27)28)10-11-22(31)32)12-13-29-24(34)35-14-20-18-8-4-2-6-16(18)17-7-3-5-9-19(17)20/h2-9,12,20-21H,10-11,13-14H2,1H3,(H,29,34)(H,30,33)(H,31,32)/b15-12+/t21-/m0/s1. The van der Waals surface area contributed by atoms with Crippen LogP contribution < -0.4 is 10.6 Å². The van der Waals surface area contributed by atoms with E-state index in [9.17, 15) is 27.6 Å². The van der Waals surface area contributed by atoms with Crippen LogP contribution in [0, 0.1) is 0 Å². The summed E-state index contributed by atoms with van der Waals surface area (Å²) in [5, 5.41) is 12.8. The summed E-state index contributed by atoms with van der Waals surface area (Å²) >= 11 is 0. The second kappa shape index (κ2) is 11.1. The molecule has 0 aromatic heterocycles. The van der Waals surface area contributed by atoms with Crippen molar-refractivity contribution in [1.82, 2.24) is 10.6 Å². The molecule has 1 aliphatic rings. The second-order valence-electron chi connectivity index (χ2n) is 8.09. The van der Waals surface area contributed by atoms with Crippen molar-refractivity contribution in [3.63, 3.8) is 0 Å². The van der Waals surface area contributed by atoms with Crippen LogP contribution in [-0.4, -0.2) is 48.4 Å². The molecule has 1 atom stereocenters. The number of amides is 2. The number of hydrogen-bond acceptors (Lipinski definition) is 4. The van der Waals surface area contributed by atoms with E-state index in [0.29, 0.717) is 0 Å². The average Bonchev–Trinajstić information content (AvgIpc) is 3.13. The summed E-state index contributed by atoms with van der Waals surface area (Å²) in [6, 6.07) is 13.4. The number of hydrogen-bond donors (Lipinski definition) is 3. The molecule has 3 rings (SSSR count). The molecule has 7 nitrogen and oxygen atoms in total. The van der Waals surface area contributed by atoms with Crippen LogP contribution in [-0.2, 0) is 14.3 Å². The number of aliphatic carboxylic acids is 1. The zero-order chi connectivity index (χ0) is 25.6. The number of nitrogens with one attached hydrogen (secondary N) is 2. The highest BCUT2D eigenvalue weighted by molar-refractivity contribution is 5.93. The number of carboxylic acid groups (broad SMARTS) is 1. The minimum Gasteiger partial charge on any atom is -0.481 e. The van der Waals surface area contributed by atoms with Crippen LogP contribution in [0.5, 0.6) is 0 Å². The third-order valence-corrected chi connectivity index (χ3v) is 5.70. The Balaban J connectivity index is 1.51. The summed E-state index contributed by atoms with van der Waals surface area (Å²) in [6.07, 6.45) is -5.79. The number of alkyl halides is 3. The van der Waals surface area contributed by atoms with E-state index in [2.05, 4.69) is 5.32 Å². The first-order valence-corrected chi connectivity index (χ1v) is 10.9. The molecule has 0 unspecified atom stereocenters. The van der Waals surface area contributed by atoms with Gasteiger partial charge in [-0.05, 0) is 35.6 Å². The third kappa shape index (κ3) is 6.62. The predicted octanol–water partition coefficient (Wildman–Crippen LogP) is 4.38. The van der Waals surface area contributed by atoms with Crippen molar-refractivity contribution in [3.05, 3.63) is 71.3 Å². The first kappa shape index (κ1) is 25.8. The maximum absolute atomic E-state index is 13.0. The Bertz CT molecular complexity index is 1080. The van der Waals surface area contributed by atoms with E-state index < -0.39 is 43.0 Å². The topological polar surface area (TPSA) is 105 Å². The maximum atomic E-state index is 13.0. The van der Waals surface area contributed by atoms with Gasteiger partial charge in [-0.3, -0.25) is 9.59 Å². The van der Waals surface area contributed by atoms with Crippen molar-refractivity contribution >= 4 is 18.0 Å². The SMILES string of the molecule is C/C(=C\CNC(=O)OCC1c2ccccc2-c2ccccc21)C(=O)N[C@@H](CCC(=O)O)C(F)(F)F. The molecule has 0 aliphatic heterocycles. The van der Waals surface area contributed by atoms with Gasteiger partial charge >= 0.3 is 18.2 Å². The van der Waals surface area contributed by atoms with Crippen LogP contribution in [0.15, 0.2) is 60.2 Å². The molecule has 0 radical (unpaired) electrons.